The lowest BCUT2D eigenvalue weighted by Gasteiger charge is -2.06. The standard InChI is InChI=1S/C19H19N3O4/c1-24-14-4-6-16-12(8-14)10-17(21-16)19(23)22-20-11-13-9-15(25-2)5-7-18(13)26-3/h4-11,21H,1-3H3,(H,22,23)/b20-11-. The first-order chi connectivity index (χ1) is 12.6. The van der Waals surface area contributed by atoms with Crippen molar-refractivity contribution >= 4 is 23.0 Å². The van der Waals surface area contributed by atoms with Gasteiger partial charge < -0.3 is 19.2 Å². The fourth-order valence-electron chi connectivity index (χ4n) is 2.52. The van der Waals surface area contributed by atoms with Crippen molar-refractivity contribution in [2.75, 3.05) is 21.3 Å². The Morgan fingerprint density at radius 3 is 2.46 bits per heavy atom. The molecule has 3 rings (SSSR count). The molecule has 0 bridgehead atoms. The summed E-state index contributed by atoms with van der Waals surface area (Å²) in [5, 5.41) is 4.88. The van der Waals surface area contributed by atoms with E-state index in [1.165, 1.54) is 6.21 Å². The number of carbonyl (C=O) groups is 1. The fourth-order valence-corrected chi connectivity index (χ4v) is 2.52. The highest BCUT2D eigenvalue weighted by molar-refractivity contribution is 5.98. The van der Waals surface area contributed by atoms with Crippen LogP contribution in [0.4, 0.5) is 0 Å². The van der Waals surface area contributed by atoms with Crippen LogP contribution in [-0.2, 0) is 0 Å². The zero-order valence-corrected chi connectivity index (χ0v) is 14.7. The number of hydrogen-bond acceptors (Lipinski definition) is 5. The van der Waals surface area contributed by atoms with E-state index in [0.717, 1.165) is 16.7 Å². The van der Waals surface area contributed by atoms with Gasteiger partial charge in [-0.2, -0.15) is 5.10 Å². The highest BCUT2D eigenvalue weighted by atomic mass is 16.5. The molecule has 2 N–H and O–H groups in total. The molecule has 3 aromatic rings. The van der Waals surface area contributed by atoms with Crippen LogP contribution >= 0.6 is 0 Å². The maximum atomic E-state index is 12.3. The molecule has 7 nitrogen and oxygen atoms in total. The number of aromatic nitrogens is 1. The Kier molecular flexibility index (Phi) is 5.07. The minimum Gasteiger partial charge on any atom is -0.497 e. The van der Waals surface area contributed by atoms with E-state index in [4.69, 9.17) is 14.2 Å². The van der Waals surface area contributed by atoms with E-state index < -0.39 is 0 Å². The molecular weight excluding hydrogens is 334 g/mol. The number of benzene rings is 2. The molecule has 0 saturated heterocycles. The largest absolute Gasteiger partial charge is 0.497 e. The lowest BCUT2D eigenvalue weighted by atomic mass is 10.2. The number of fused-ring (bicyclic) bond motifs is 1. The van der Waals surface area contributed by atoms with Crippen molar-refractivity contribution in [3.8, 4) is 17.2 Å². The number of amides is 1. The van der Waals surface area contributed by atoms with Crippen molar-refractivity contribution in [3.63, 3.8) is 0 Å². The van der Waals surface area contributed by atoms with E-state index >= 15 is 0 Å². The van der Waals surface area contributed by atoms with Crippen molar-refractivity contribution in [1.82, 2.24) is 10.4 Å². The predicted molar refractivity (Wildman–Crippen MR) is 99.5 cm³/mol. The molecule has 1 amide bonds. The van der Waals surface area contributed by atoms with Crippen LogP contribution in [-0.4, -0.2) is 38.4 Å². The molecular formula is C19H19N3O4. The molecule has 0 unspecified atom stereocenters. The molecule has 1 heterocycles. The Morgan fingerprint density at radius 2 is 1.73 bits per heavy atom. The maximum Gasteiger partial charge on any atom is 0.287 e. The minimum atomic E-state index is -0.349. The first kappa shape index (κ1) is 17.3. The topological polar surface area (TPSA) is 84.9 Å². The smallest absolute Gasteiger partial charge is 0.287 e. The van der Waals surface area contributed by atoms with Gasteiger partial charge in [-0.3, -0.25) is 4.79 Å². The van der Waals surface area contributed by atoms with Crippen molar-refractivity contribution in [2.24, 2.45) is 5.10 Å². The zero-order valence-electron chi connectivity index (χ0n) is 14.7. The molecule has 7 heteroatoms. The zero-order chi connectivity index (χ0) is 18.5. The third kappa shape index (κ3) is 3.61. The van der Waals surface area contributed by atoms with E-state index in [1.807, 2.05) is 18.2 Å². The lowest BCUT2D eigenvalue weighted by Crippen LogP contribution is -2.17. The molecule has 0 fully saturated rings. The Labute approximate surface area is 150 Å². The van der Waals surface area contributed by atoms with Gasteiger partial charge in [-0.05, 0) is 42.5 Å². The first-order valence-corrected chi connectivity index (χ1v) is 7.87. The van der Waals surface area contributed by atoms with Crippen LogP contribution in [0.3, 0.4) is 0 Å². The van der Waals surface area contributed by atoms with Gasteiger partial charge in [-0.15, -0.1) is 0 Å². The van der Waals surface area contributed by atoms with E-state index in [-0.39, 0.29) is 5.91 Å². The molecule has 0 aliphatic carbocycles. The molecule has 1 aromatic heterocycles. The van der Waals surface area contributed by atoms with Gasteiger partial charge in [0.05, 0.1) is 27.5 Å². The number of carbonyl (C=O) groups excluding carboxylic acids is 1. The fraction of sp³-hybridized carbons (Fsp3) is 0.158. The first-order valence-electron chi connectivity index (χ1n) is 7.87. The summed E-state index contributed by atoms with van der Waals surface area (Å²) >= 11 is 0. The number of ether oxygens (including phenoxy) is 3. The van der Waals surface area contributed by atoms with Gasteiger partial charge >= 0.3 is 0 Å². The average molecular weight is 353 g/mol. The van der Waals surface area contributed by atoms with Crippen molar-refractivity contribution < 1.29 is 19.0 Å². The molecule has 0 saturated carbocycles. The monoisotopic (exact) mass is 353 g/mol. The number of H-pyrrole nitrogens is 1. The van der Waals surface area contributed by atoms with Crippen LogP contribution in [0.5, 0.6) is 17.2 Å². The van der Waals surface area contributed by atoms with Gasteiger partial charge in [0, 0.05) is 16.5 Å². The number of nitrogens with one attached hydrogen (secondary N) is 2. The van der Waals surface area contributed by atoms with Gasteiger partial charge in [-0.25, -0.2) is 5.43 Å². The molecule has 2 aromatic carbocycles. The minimum absolute atomic E-state index is 0.349. The third-order valence-electron chi connectivity index (χ3n) is 3.88. The Morgan fingerprint density at radius 1 is 1.00 bits per heavy atom. The van der Waals surface area contributed by atoms with Crippen LogP contribution in [0.1, 0.15) is 16.1 Å². The van der Waals surface area contributed by atoms with Crippen LogP contribution in [0.25, 0.3) is 10.9 Å². The third-order valence-corrected chi connectivity index (χ3v) is 3.88. The summed E-state index contributed by atoms with van der Waals surface area (Å²) in [4.78, 5) is 15.3. The Bertz CT molecular complexity index is 963. The highest BCUT2D eigenvalue weighted by Crippen LogP contribution is 2.23. The number of hydrazone groups is 1. The van der Waals surface area contributed by atoms with E-state index in [2.05, 4.69) is 15.5 Å². The molecule has 0 atom stereocenters. The maximum absolute atomic E-state index is 12.3. The molecule has 0 radical (unpaired) electrons. The van der Waals surface area contributed by atoms with E-state index in [1.54, 1.807) is 45.6 Å². The Hall–Kier alpha value is -3.48. The average Bonchev–Trinajstić information content (AvgIpc) is 3.11. The summed E-state index contributed by atoms with van der Waals surface area (Å²) in [6.07, 6.45) is 1.50. The van der Waals surface area contributed by atoms with Crippen LogP contribution < -0.4 is 19.6 Å². The van der Waals surface area contributed by atoms with Crippen LogP contribution in [0, 0.1) is 0 Å². The molecule has 134 valence electrons. The second kappa shape index (κ2) is 7.60. The van der Waals surface area contributed by atoms with E-state index in [0.29, 0.717) is 22.8 Å². The Balaban J connectivity index is 1.75. The van der Waals surface area contributed by atoms with Gasteiger partial charge in [0.2, 0.25) is 0 Å². The van der Waals surface area contributed by atoms with Gasteiger partial charge in [0.1, 0.15) is 22.9 Å². The van der Waals surface area contributed by atoms with Gasteiger partial charge in [-0.1, -0.05) is 0 Å². The quantitative estimate of drug-likeness (QED) is 0.527. The summed E-state index contributed by atoms with van der Waals surface area (Å²) in [5.74, 6) is 1.68. The summed E-state index contributed by atoms with van der Waals surface area (Å²) in [6.45, 7) is 0. The number of nitrogens with zero attached hydrogens (tertiary/aromatic N) is 1. The summed E-state index contributed by atoms with van der Waals surface area (Å²) in [6, 6.07) is 12.6. The summed E-state index contributed by atoms with van der Waals surface area (Å²) in [7, 11) is 4.74. The van der Waals surface area contributed by atoms with Crippen LogP contribution in [0.2, 0.25) is 0 Å². The lowest BCUT2D eigenvalue weighted by molar-refractivity contribution is 0.0951. The molecule has 0 aliphatic rings. The molecule has 0 spiro atoms. The highest BCUT2D eigenvalue weighted by Gasteiger charge is 2.09. The van der Waals surface area contributed by atoms with E-state index in [9.17, 15) is 4.79 Å². The number of hydrogen-bond donors (Lipinski definition) is 2. The van der Waals surface area contributed by atoms with Crippen molar-refractivity contribution in [2.45, 2.75) is 0 Å². The molecule has 0 aliphatic heterocycles. The second-order valence-corrected chi connectivity index (χ2v) is 5.44. The van der Waals surface area contributed by atoms with Gasteiger partial charge in [0.25, 0.3) is 5.91 Å². The number of rotatable bonds is 6. The summed E-state index contributed by atoms with van der Waals surface area (Å²) in [5.41, 5.74) is 4.43. The molecule has 26 heavy (non-hydrogen) atoms. The summed E-state index contributed by atoms with van der Waals surface area (Å²) < 4.78 is 15.6. The second-order valence-electron chi connectivity index (χ2n) is 5.44. The number of methoxy groups -OCH3 is 3. The SMILES string of the molecule is COc1ccc(OC)c(/C=N\NC(=O)c2cc3cc(OC)ccc3[nH]2)c1. The van der Waals surface area contributed by atoms with Crippen molar-refractivity contribution in [1.29, 1.82) is 0 Å². The normalized spacial score (nSPS) is 10.9. The number of aromatic amines is 1. The van der Waals surface area contributed by atoms with Gasteiger partial charge in [0.15, 0.2) is 0 Å². The van der Waals surface area contributed by atoms with Crippen LogP contribution in [0.15, 0.2) is 47.6 Å². The predicted octanol–water partition coefficient (Wildman–Crippen LogP) is 2.96. The van der Waals surface area contributed by atoms with Crippen molar-refractivity contribution in [3.05, 3.63) is 53.7 Å².